The van der Waals surface area contributed by atoms with Crippen molar-refractivity contribution in [1.29, 1.82) is 0 Å². The summed E-state index contributed by atoms with van der Waals surface area (Å²) < 4.78 is 2.00. The van der Waals surface area contributed by atoms with E-state index in [4.69, 9.17) is 0 Å². The van der Waals surface area contributed by atoms with Gasteiger partial charge < -0.3 is 0 Å². The van der Waals surface area contributed by atoms with Crippen molar-refractivity contribution in [2.45, 2.75) is 28.2 Å². The second kappa shape index (κ2) is 9.00. The van der Waals surface area contributed by atoms with Crippen LogP contribution in [0, 0.1) is 13.8 Å². The maximum atomic E-state index is 4.53. The first kappa shape index (κ1) is 20.2. The molecule has 0 aliphatic heterocycles. The number of para-hydroxylation sites is 1. The number of rotatable bonds is 5. The lowest BCUT2D eigenvalue weighted by molar-refractivity contribution is 0.886. The van der Waals surface area contributed by atoms with Crippen molar-refractivity contribution in [3.05, 3.63) is 102 Å². The molecule has 0 atom stereocenters. The molecule has 3 aromatic rings. The number of nitrogens with zero attached hydrogens (tertiary/aromatic N) is 2. The zero-order chi connectivity index (χ0) is 18.5. The molecule has 3 rings (SSSR count). The van der Waals surface area contributed by atoms with Crippen LogP contribution in [0.25, 0.3) is 22.5 Å². The van der Waals surface area contributed by atoms with Crippen LogP contribution >= 0.6 is 0 Å². The topological polar surface area (TPSA) is 17.8 Å². The number of aromatic nitrogens is 2. The highest BCUT2D eigenvalue weighted by molar-refractivity contribution is 5.78. The maximum absolute atomic E-state index is 4.53. The molecule has 0 aliphatic carbocycles. The second-order valence-corrected chi connectivity index (χ2v) is 6.36. The van der Waals surface area contributed by atoms with Crippen LogP contribution in [0.2, 0.25) is 0 Å². The molecular formula is C25H28N2. The van der Waals surface area contributed by atoms with Crippen molar-refractivity contribution >= 4 is 5.57 Å². The van der Waals surface area contributed by atoms with E-state index in [1.807, 2.05) is 60.3 Å². The summed E-state index contributed by atoms with van der Waals surface area (Å²) in [7, 11) is 0. The first-order valence-electron chi connectivity index (χ1n) is 8.81. The minimum absolute atomic E-state index is 0. The van der Waals surface area contributed by atoms with E-state index in [0.29, 0.717) is 0 Å². The molecule has 1 aromatic heterocycles. The van der Waals surface area contributed by atoms with Crippen LogP contribution in [0.4, 0.5) is 0 Å². The summed E-state index contributed by atoms with van der Waals surface area (Å²) in [6, 6.07) is 16.7. The molecule has 0 spiro atoms. The normalized spacial score (nSPS) is 11.1. The minimum atomic E-state index is 0. The van der Waals surface area contributed by atoms with E-state index in [1.54, 1.807) is 0 Å². The zero-order valence-corrected chi connectivity index (χ0v) is 15.6. The fraction of sp³-hybridized carbons (Fsp3) is 0.160. The summed E-state index contributed by atoms with van der Waals surface area (Å²) in [4.78, 5) is 0. The first-order chi connectivity index (χ1) is 12.6. The summed E-state index contributed by atoms with van der Waals surface area (Å²) in [5.74, 6) is 0. The van der Waals surface area contributed by atoms with Crippen LogP contribution in [-0.4, -0.2) is 9.78 Å². The van der Waals surface area contributed by atoms with Crippen molar-refractivity contribution in [2.75, 3.05) is 0 Å². The molecule has 0 unspecified atom stereocenters. The molecule has 138 valence electrons. The second-order valence-electron chi connectivity index (χ2n) is 6.36. The smallest absolute Gasteiger partial charge is 0.0746 e. The van der Waals surface area contributed by atoms with Crippen LogP contribution < -0.4 is 0 Å². The molecule has 0 N–H and O–H groups in total. The van der Waals surface area contributed by atoms with Gasteiger partial charge in [0.05, 0.1) is 17.6 Å². The predicted octanol–water partition coefficient (Wildman–Crippen LogP) is 6.94. The van der Waals surface area contributed by atoms with E-state index in [0.717, 1.165) is 22.5 Å². The van der Waals surface area contributed by atoms with Gasteiger partial charge in [-0.1, -0.05) is 68.6 Å². The van der Waals surface area contributed by atoms with Gasteiger partial charge in [-0.25, -0.2) is 4.68 Å². The van der Waals surface area contributed by atoms with Gasteiger partial charge in [0.2, 0.25) is 0 Å². The summed E-state index contributed by atoms with van der Waals surface area (Å²) in [6.45, 7) is 10.5. The van der Waals surface area contributed by atoms with Crippen LogP contribution in [0.1, 0.15) is 31.0 Å². The first-order valence-corrected chi connectivity index (χ1v) is 8.81. The fourth-order valence-electron chi connectivity index (χ4n) is 3.20. The summed E-state index contributed by atoms with van der Waals surface area (Å²) >= 11 is 0. The van der Waals surface area contributed by atoms with Gasteiger partial charge in [-0.15, -0.1) is 0 Å². The highest BCUT2D eigenvalue weighted by Crippen LogP contribution is 2.31. The third-order valence-corrected chi connectivity index (χ3v) is 4.40. The Balaban J connectivity index is 0.00000261. The molecule has 0 bridgehead atoms. The molecule has 2 heteroatoms. The van der Waals surface area contributed by atoms with Crippen molar-refractivity contribution in [3.63, 3.8) is 0 Å². The van der Waals surface area contributed by atoms with E-state index < -0.39 is 0 Å². The Labute approximate surface area is 163 Å². The number of benzene rings is 2. The Morgan fingerprint density at radius 3 is 2.30 bits per heavy atom. The van der Waals surface area contributed by atoms with Gasteiger partial charge in [-0.3, -0.25) is 0 Å². The number of hydrogen-bond acceptors (Lipinski definition) is 1. The highest BCUT2D eigenvalue weighted by Gasteiger charge is 2.13. The van der Waals surface area contributed by atoms with E-state index >= 15 is 0 Å². The molecule has 2 nitrogen and oxygen atoms in total. The quantitative estimate of drug-likeness (QED) is 0.453. The average Bonchev–Trinajstić information content (AvgIpc) is 3.11. The molecular weight excluding hydrogens is 328 g/mol. The molecule has 2 aromatic carbocycles. The molecule has 0 amide bonds. The summed E-state index contributed by atoms with van der Waals surface area (Å²) in [5.41, 5.74) is 7.99. The van der Waals surface area contributed by atoms with Crippen LogP contribution in [-0.2, 0) is 0 Å². The van der Waals surface area contributed by atoms with Gasteiger partial charge in [0.25, 0.3) is 0 Å². The standard InChI is InChI=1S/C24H24N2.CH4/c1-5-6-8-11-18(2)21-16-19(3)24(20(4)17-21)23-14-15-25-26(23)22-12-9-7-10-13-22;/h5-17H,2H2,1,3-4H3;1H4/b6-5-,11-8-;. The predicted molar refractivity (Wildman–Crippen MR) is 118 cm³/mol. The van der Waals surface area contributed by atoms with E-state index in [1.165, 1.54) is 16.7 Å². The van der Waals surface area contributed by atoms with Crippen LogP contribution in [0.5, 0.6) is 0 Å². The van der Waals surface area contributed by atoms with Gasteiger partial charge in [-0.2, -0.15) is 5.10 Å². The van der Waals surface area contributed by atoms with Crippen LogP contribution in [0.15, 0.2) is 85.6 Å². The lowest BCUT2D eigenvalue weighted by atomic mass is 9.94. The average molecular weight is 357 g/mol. The molecule has 0 radical (unpaired) electrons. The Kier molecular flexibility index (Phi) is 6.73. The van der Waals surface area contributed by atoms with Crippen molar-refractivity contribution in [3.8, 4) is 16.9 Å². The van der Waals surface area contributed by atoms with E-state index in [-0.39, 0.29) is 7.43 Å². The summed E-state index contributed by atoms with van der Waals surface area (Å²) in [6.07, 6.45) is 9.94. The Morgan fingerprint density at radius 2 is 1.67 bits per heavy atom. The van der Waals surface area contributed by atoms with E-state index in [9.17, 15) is 0 Å². The molecule has 0 aliphatic rings. The third kappa shape index (κ3) is 4.35. The fourth-order valence-corrected chi connectivity index (χ4v) is 3.20. The monoisotopic (exact) mass is 356 g/mol. The molecule has 1 heterocycles. The lowest BCUT2D eigenvalue weighted by Gasteiger charge is -2.15. The Hall–Kier alpha value is -3.13. The lowest BCUT2D eigenvalue weighted by Crippen LogP contribution is -2.01. The number of aryl methyl sites for hydroxylation is 2. The Bertz CT molecular complexity index is 950. The van der Waals surface area contributed by atoms with Gasteiger partial charge in [0.1, 0.15) is 0 Å². The molecule has 0 saturated carbocycles. The van der Waals surface area contributed by atoms with Gasteiger partial charge in [0, 0.05) is 5.56 Å². The van der Waals surface area contributed by atoms with E-state index in [2.05, 4.69) is 55.9 Å². The van der Waals surface area contributed by atoms with Crippen LogP contribution in [0.3, 0.4) is 0 Å². The molecule has 0 fully saturated rings. The van der Waals surface area contributed by atoms with Crippen molar-refractivity contribution in [1.82, 2.24) is 9.78 Å². The highest BCUT2D eigenvalue weighted by atomic mass is 15.3. The minimum Gasteiger partial charge on any atom is -0.233 e. The SMILES string of the molecule is C.C=C(/C=C\C=C/C)c1cc(C)c(-c2ccnn2-c2ccccc2)c(C)c1. The zero-order valence-electron chi connectivity index (χ0n) is 15.6. The van der Waals surface area contributed by atoms with Gasteiger partial charge >= 0.3 is 0 Å². The van der Waals surface area contributed by atoms with Gasteiger partial charge in [0.15, 0.2) is 0 Å². The molecule has 0 saturated heterocycles. The van der Waals surface area contributed by atoms with Crippen molar-refractivity contribution < 1.29 is 0 Å². The molecule has 27 heavy (non-hydrogen) atoms. The van der Waals surface area contributed by atoms with Crippen molar-refractivity contribution in [2.24, 2.45) is 0 Å². The Morgan fingerprint density at radius 1 is 1.00 bits per heavy atom. The number of allylic oxidation sites excluding steroid dienone is 5. The third-order valence-electron chi connectivity index (χ3n) is 4.40. The van der Waals surface area contributed by atoms with Gasteiger partial charge in [-0.05, 0) is 61.2 Å². The number of hydrogen-bond donors (Lipinski definition) is 0. The largest absolute Gasteiger partial charge is 0.233 e. The summed E-state index contributed by atoms with van der Waals surface area (Å²) in [5, 5.41) is 4.53. The maximum Gasteiger partial charge on any atom is 0.0746 e.